The average Bonchev–Trinajstić information content (AvgIpc) is 3.19. The number of fused-ring (bicyclic) bond motifs is 3. The van der Waals surface area contributed by atoms with Crippen LogP contribution in [0.25, 0.3) is 11.8 Å². The zero-order chi connectivity index (χ0) is 25.8. The fraction of sp³-hybridized carbons (Fsp3) is 0.111. The minimum Gasteiger partial charge on any atom is -0.501 e. The maximum absolute atomic E-state index is 13.8. The quantitative estimate of drug-likeness (QED) is 0.189. The number of aryl methyl sites for hydroxylation is 1. The Bertz CT molecular complexity index is 1830. The summed E-state index contributed by atoms with van der Waals surface area (Å²) in [5.41, 5.74) is 5.04. The monoisotopic (exact) mass is 641 g/mol. The number of thiazole rings is 1. The van der Waals surface area contributed by atoms with E-state index in [-0.39, 0.29) is 11.6 Å². The number of phenolic OH excluding ortho intramolecular Hbond substituents is 1. The van der Waals surface area contributed by atoms with Crippen LogP contribution in [-0.4, -0.2) is 14.6 Å². The summed E-state index contributed by atoms with van der Waals surface area (Å²) in [6.07, 6.45) is 3.25. The van der Waals surface area contributed by atoms with Gasteiger partial charge in [0.2, 0.25) is 5.75 Å². The van der Waals surface area contributed by atoms with Crippen LogP contribution >= 0.6 is 45.5 Å². The minimum atomic E-state index is -0.636. The maximum atomic E-state index is 13.8. The molecule has 6 rings (SSSR count). The summed E-state index contributed by atoms with van der Waals surface area (Å²) in [4.78, 5) is 30.1. The molecule has 184 valence electrons. The lowest BCUT2D eigenvalue weighted by Crippen LogP contribution is -2.38. The highest BCUT2D eigenvalue weighted by Crippen LogP contribution is 2.41. The van der Waals surface area contributed by atoms with Crippen molar-refractivity contribution in [1.82, 2.24) is 4.57 Å². The maximum Gasteiger partial charge on any atom is 0.312 e. The van der Waals surface area contributed by atoms with E-state index >= 15 is 0 Å². The highest BCUT2D eigenvalue weighted by Gasteiger charge is 2.32. The van der Waals surface area contributed by atoms with Gasteiger partial charge in [-0.1, -0.05) is 59.3 Å². The lowest BCUT2D eigenvalue weighted by Gasteiger charge is -2.30. The summed E-state index contributed by atoms with van der Waals surface area (Å²) in [5.74, 6) is -0.390. The molecule has 0 bridgehead atoms. The number of aromatic nitrogens is 1. The van der Waals surface area contributed by atoms with E-state index in [1.54, 1.807) is 16.7 Å². The Labute approximate surface area is 233 Å². The van der Waals surface area contributed by atoms with Gasteiger partial charge in [-0.2, -0.15) is 0 Å². The Morgan fingerprint density at radius 3 is 2.68 bits per heavy atom. The van der Waals surface area contributed by atoms with Crippen molar-refractivity contribution in [2.45, 2.75) is 18.9 Å². The van der Waals surface area contributed by atoms with Crippen LogP contribution in [0, 0.1) is 13.7 Å². The Morgan fingerprint density at radius 2 is 1.92 bits per heavy atom. The van der Waals surface area contributed by atoms with Crippen LogP contribution < -0.4 is 14.9 Å². The first-order chi connectivity index (χ1) is 17.8. The number of aromatic hydroxyl groups is 1. The van der Waals surface area contributed by atoms with Gasteiger partial charge in [0.15, 0.2) is 4.80 Å². The Balaban J connectivity index is 1.61. The zero-order valence-corrected chi connectivity index (χ0v) is 22.8. The first-order valence-corrected chi connectivity index (χ1v) is 13.6. The zero-order valence-electron chi connectivity index (χ0n) is 19.0. The number of allylic oxidation sites excluding steroid dienone is 1. The van der Waals surface area contributed by atoms with Crippen LogP contribution in [-0.2, 0) is 6.42 Å². The highest BCUT2D eigenvalue weighted by atomic mass is 127. The number of hydrogen-bond donors (Lipinski definition) is 1. The Hall–Kier alpha value is -3.28. The summed E-state index contributed by atoms with van der Waals surface area (Å²) in [5, 5.41) is 22.1. The molecule has 0 saturated heterocycles. The molecule has 0 amide bonds. The fourth-order valence-electron chi connectivity index (χ4n) is 4.95. The van der Waals surface area contributed by atoms with Crippen LogP contribution in [0.4, 0.5) is 5.69 Å². The van der Waals surface area contributed by atoms with Gasteiger partial charge in [-0.3, -0.25) is 19.5 Å². The summed E-state index contributed by atoms with van der Waals surface area (Å²) < 4.78 is 2.45. The van der Waals surface area contributed by atoms with Gasteiger partial charge in [0.05, 0.1) is 24.8 Å². The van der Waals surface area contributed by atoms with Crippen molar-refractivity contribution in [3.63, 3.8) is 0 Å². The number of nitro groups is 1. The summed E-state index contributed by atoms with van der Waals surface area (Å²) in [6.45, 7) is 0. The summed E-state index contributed by atoms with van der Waals surface area (Å²) in [6, 6.07) is 18.3. The van der Waals surface area contributed by atoms with E-state index in [1.165, 1.54) is 23.0 Å². The predicted octanol–water partition coefficient (Wildman–Crippen LogP) is 5.19. The molecule has 2 heterocycles. The van der Waals surface area contributed by atoms with E-state index in [4.69, 9.17) is 16.6 Å². The second-order valence-electron chi connectivity index (χ2n) is 8.79. The molecule has 1 atom stereocenters. The predicted molar refractivity (Wildman–Crippen MR) is 152 cm³/mol. The number of rotatable bonds is 3. The molecule has 2 aliphatic rings. The number of phenols is 1. The van der Waals surface area contributed by atoms with Gasteiger partial charge in [0, 0.05) is 16.7 Å². The third-order valence-electron chi connectivity index (χ3n) is 6.62. The number of benzene rings is 3. The average molecular weight is 642 g/mol. The smallest absolute Gasteiger partial charge is 0.312 e. The van der Waals surface area contributed by atoms with E-state index in [0.29, 0.717) is 23.5 Å². The van der Waals surface area contributed by atoms with Gasteiger partial charge >= 0.3 is 5.69 Å². The molecule has 10 heteroatoms. The van der Waals surface area contributed by atoms with Gasteiger partial charge < -0.3 is 5.11 Å². The molecule has 4 aromatic rings. The number of hydrogen-bond acceptors (Lipinski definition) is 6. The topological polar surface area (TPSA) is 97.7 Å². The number of nitro benzene ring substituents is 1. The molecule has 0 fully saturated rings. The molecule has 1 aliphatic heterocycles. The van der Waals surface area contributed by atoms with Gasteiger partial charge in [-0.05, 0) is 82.0 Å². The molecule has 0 unspecified atom stereocenters. The van der Waals surface area contributed by atoms with Gasteiger partial charge in [-0.25, -0.2) is 4.99 Å². The van der Waals surface area contributed by atoms with Crippen molar-refractivity contribution in [2.75, 3.05) is 0 Å². The first-order valence-electron chi connectivity index (χ1n) is 11.4. The van der Waals surface area contributed by atoms with Crippen LogP contribution in [0.5, 0.6) is 5.75 Å². The molecule has 1 N–H and O–H groups in total. The highest BCUT2D eigenvalue weighted by molar-refractivity contribution is 14.1. The minimum absolute atomic E-state index is 0.222. The third kappa shape index (κ3) is 4.11. The molecule has 0 radical (unpaired) electrons. The number of nitrogens with zero attached hydrogens (tertiary/aromatic N) is 3. The molecule has 1 aliphatic carbocycles. The SMILES string of the molecule is O=c1/c(=C/c2cc(I)c(O)c([N+](=O)[O-])c2)sc2n1[C@H](c1ccc(Cl)cc1)C1=C(N=2)c2ccccc2CC1. The first kappa shape index (κ1) is 24.1. The van der Waals surface area contributed by atoms with E-state index in [1.807, 2.05) is 59.0 Å². The van der Waals surface area contributed by atoms with E-state index < -0.39 is 16.4 Å². The van der Waals surface area contributed by atoms with Crippen molar-refractivity contribution < 1.29 is 10.0 Å². The van der Waals surface area contributed by atoms with Crippen molar-refractivity contribution in [3.05, 3.63) is 127 Å². The molecule has 0 spiro atoms. The van der Waals surface area contributed by atoms with Crippen molar-refractivity contribution in [1.29, 1.82) is 0 Å². The molecule has 0 saturated carbocycles. The molecule has 3 aromatic carbocycles. The molecular formula is C27H17ClIN3O4S. The van der Waals surface area contributed by atoms with Gasteiger partial charge in [0.25, 0.3) is 5.56 Å². The largest absolute Gasteiger partial charge is 0.501 e. The van der Waals surface area contributed by atoms with Crippen molar-refractivity contribution in [3.8, 4) is 5.75 Å². The normalized spacial score (nSPS) is 16.6. The second kappa shape index (κ2) is 9.23. The standard InChI is InChI=1S/C27H17ClIN3O4S/c28-17-8-5-16(6-9-17)24-19-10-7-15-3-1-2-4-18(15)23(19)30-27-31(24)26(34)22(37-27)13-14-11-20(29)25(33)21(12-14)32(35)36/h1-6,8-9,11-13,24,33H,7,10H2/b22-13-/t24-/m1/s1. The Kier molecular flexibility index (Phi) is 6.01. The van der Waals surface area contributed by atoms with Gasteiger partial charge in [0.1, 0.15) is 0 Å². The molecular weight excluding hydrogens is 625 g/mol. The number of halogens is 2. The molecule has 7 nitrogen and oxygen atoms in total. The fourth-order valence-corrected chi connectivity index (χ4v) is 6.71. The summed E-state index contributed by atoms with van der Waals surface area (Å²) >= 11 is 9.26. The van der Waals surface area contributed by atoms with Gasteiger partial charge in [-0.15, -0.1) is 0 Å². The van der Waals surface area contributed by atoms with Crippen molar-refractivity contribution >= 4 is 63.0 Å². The third-order valence-corrected chi connectivity index (χ3v) is 8.68. The lowest BCUT2D eigenvalue weighted by atomic mass is 9.83. The van der Waals surface area contributed by atoms with Crippen molar-refractivity contribution in [2.24, 2.45) is 4.99 Å². The second-order valence-corrected chi connectivity index (χ2v) is 11.4. The molecule has 37 heavy (non-hydrogen) atoms. The Morgan fingerprint density at radius 1 is 1.16 bits per heavy atom. The van der Waals surface area contributed by atoms with Crippen LogP contribution in [0.2, 0.25) is 5.02 Å². The van der Waals surface area contributed by atoms with Crippen LogP contribution in [0.3, 0.4) is 0 Å². The van der Waals surface area contributed by atoms with Crippen LogP contribution in [0.15, 0.2) is 76.0 Å². The lowest BCUT2D eigenvalue weighted by molar-refractivity contribution is -0.386. The van der Waals surface area contributed by atoms with E-state index in [9.17, 15) is 20.0 Å². The summed E-state index contributed by atoms with van der Waals surface area (Å²) in [7, 11) is 0. The van der Waals surface area contributed by atoms with E-state index in [0.717, 1.165) is 35.2 Å². The van der Waals surface area contributed by atoms with Crippen LogP contribution in [0.1, 0.15) is 34.7 Å². The van der Waals surface area contributed by atoms with E-state index in [2.05, 4.69) is 12.1 Å². The molecule has 1 aromatic heterocycles.